The van der Waals surface area contributed by atoms with Crippen molar-refractivity contribution in [2.75, 3.05) is 10.2 Å². The average molecular weight is 569 g/mol. The lowest BCUT2D eigenvalue weighted by molar-refractivity contribution is -0.151. The number of hydrazone groups is 1. The van der Waals surface area contributed by atoms with Crippen molar-refractivity contribution in [3.63, 3.8) is 0 Å². The van der Waals surface area contributed by atoms with Gasteiger partial charge in [0.1, 0.15) is 6.04 Å². The Morgan fingerprint density at radius 2 is 1.51 bits per heavy atom. The van der Waals surface area contributed by atoms with Crippen molar-refractivity contribution < 1.29 is 33.4 Å². The smallest absolute Gasteiger partial charge is 0.350 e. The van der Waals surface area contributed by atoms with Crippen LogP contribution in [-0.4, -0.2) is 60.4 Å². The minimum atomic E-state index is -1.69. The van der Waals surface area contributed by atoms with Gasteiger partial charge in [0.05, 0.1) is 24.8 Å². The molecule has 0 saturated carbocycles. The third-order valence-corrected chi connectivity index (χ3v) is 5.18. The predicted molar refractivity (Wildman–Crippen MR) is 153 cm³/mol. The van der Waals surface area contributed by atoms with Crippen molar-refractivity contribution in [1.82, 2.24) is 10.6 Å². The van der Waals surface area contributed by atoms with Gasteiger partial charge in [-0.3, -0.25) is 19.3 Å². The molecule has 13 nitrogen and oxygen atoms in total. The zero-order valence-corrected chi connectivity index (χ0v) is 23.6. The van der Waals surface area contributed by atoms with Crippen molar-refractivity contribution in [1.29, 1.82) is 0 Å². The Labute approximate surface area is 238 Å². The molecule has 0 saturated heterocycles. The third kappa shape index (κ3) is 10.6. The fourth-order valence-electron chi connectivity index (χ4n) is 3.64. The molecule has 0 fully saturated rings. The molecule has 13 heteroatoms. The number of hydrogen-bond donors (Lipinski definition) is 4. The van der Waals surface area contributed by atoms with Gasteiger partial charge in [0.15, 0.2) is 0 Å². The standard InChI is InChI=1S/C28H36N6O7/c1-17(2)40-24(36)15-23(31-19(5)35)26(37)34(22-9-7-6-8-10-22)25(27(38)41-18(3)4)33-28(39)32-21-13-11-20(12-14-21)16-30-29/h6-14,16-18,23,25H,15,29H2,1-5H3,(H,31,35)(H2,32,33,39)/t23-,25+/m0/s1. The van der Waals surface area contributed by atoms with E-state index in [0.717, 1.165) is 4.90 Å². The highest BCUT2D eigenvalue weighted by Gasteiger charge is 2.39. The molecule has 0 bridgehead atoms. The van der Waals surface area contributed by atoms with Gasteiger partial charge in [-0.05, 0) is 57.5 Å². The number of nitrogens with one attached hydrogen (secondary N) is 3. The maximum atomic E-state index is 14.0. The summed E-state index contributed by atoms with van der Waals surface area (Å²) in [5.74, 6) is 2.02. The Morgan fingerprint density at radius 3 is 2.05 bits per heavy atom. The number of benzene rings is 2. The van der Waals surface area contributed by atoms with Gasteiger partial charge in [0.2, 0.25) is 12.1 Å². The summed E-state index contributed by atoms with van der Waals surface area (Å²) in [6, 6.07) is 12.2. The molecule has 0 spiro atoms. The first-order chi connectivity index (χ1) is 19.4. The van der Waals surface area contributed by atoms with Crippen molar-refractivity contribution in [3.05, 3.63) is 60.2 Å². The zero-order chi connectivity index (χ0) is 30.5. The summed E-state index contributed by atoms with van der Waals surface area (Å²) >= 11 is 0. The van der Waals surface area contributed by atoms with E-state index >= 15 is 0 Å². The first-order valence-corrected chi connectivity index (χ1v) is 12.9. The van der Waals surface area contributed by atoms with Gasteiger partial charge in [0.25, 0.3) is 5.91 Å². The van der Waals surface area contributed by atoms with Crippen LogP contribution in [0.15, 0.2) is 59.7 Å². The molecule has 0 heterocycles. The Morgan fingerprint density at radius 1 is 0.902 bits per heavy atom. The van der Waals surface area contributed by atoms with E-state index in [1.807, 2.05) is 0 Å². The van der Waals surface area contributed by atoms with Gasteiger partial charge in [0, 0.05) is 18.3 Å². The lowest BCUT2D eigenvalue weighted by atomic mass is 10.1. The Hall–Kier alpha value is -4.94. The van der Waals surface area contributed by atoms with E-state index < -0.39 is 60.6 Å². The summed E-state index contributed by atoms with van der Waals surface area (Å²) in [5, 5.41) is 11.0. The molecule has 0 unspecified atom stereocenters. The molecule has 0 aliphatic heterocycles. The van der Waals surface area contributed by atoms with Gasteiger partial charge in [-0.25, -0.2) is 9.59 Å². The second-order valence-corrected chi connectivity index (χ2v) is 9.43. The molecule has 41 heavy (non-hydrogen) atoms. The van der Waals surface area contributed by atoms with E-state index in [1.54, 1.807) is 70.2 Å². The van der Waals surface area contributed by atoms with Crippen molar-refractivity contribution in [2.24, 2.45) is 10.9 Å². The number of urea groups is 1. The summed E-state index contributed by atoms with van der Waals surface area (Å²) in [5.41, 5.74) is 1.26. The lowest BCUT2D eigenvalue weighted by Gasteiger charge is -2.33. The lowest BCUT2D eigenvalue weighted by Crippen LogP contribution is -2.61. The molecular weight excluding hydrogens is 532 g/mol. The van der Waals surface area contributed by atoms with Crippen LogP contribution in [0.5, 0.6) is 0 Å². The van der Waals surface area contributed by atoms with Crippen LogP contribution in [0.1, 0.15) is 46.6 Å². The van der Waals surface area contributed by atoms with Crippen LogP contribution in [0, 0.1) is 0 Å². The van der Waals surface area contributed by atoms with E-state index in [2.05, 4.69) is 21.1 Å². The van der Waals surface area contributed by atoms with Crippen LogP contribution in [0.4, 0.5) is 16.2 Å². The van der Waals surface area contributed by atoms with Gasteiger partial charge in [-0.2, -0.15) is 5.10 Å². The number of carbonyl (C=O) groups excluding carboxylic acids is 5. The number of amides is 4. The minimum Gasteiger partial charge on any atom is -0.463 e. The Balaban J connectivity index is 2.49. The quantitative estimate of drug-likeness (QED) is 0.0988. The van der Waals surface area contributed by atoms with Crippen molar-refractivity contribution >= 4 is 47.4 Å². The number of nitrogens with two attached hydrogens (primary N) is 1. The highest BCUT2D eigenvalue weighted by atomic mass is 16.5. The summed E-state index contributed by atoms with van der Waals surface area (Å²) in [7, 11) is 0. The molecule has 0 aliphatic rings. The van der Waals surface area contributed by atoms with Gasteiger partial charge in [-0.15, -0.1) is 0 Å². The van der Waals surface area contributed by atoms with Crippen LogP contribution >= 0.6 is 0 Å². The summed E-state index contributed by atoms with van der Waals surface area (Å²) < 4.78 is 10.5. The fraction of sp³-hybridized carbons (Fsp3) is 0.357. The van der Waals surface area contributed by atoms with E-state index in [0.29, 0.717) is 11.3 Å². The molecule has 2 aromatic rings. The Kier molecular flexibility index (Phi) is 12.3. The number of esters is 2. The molecule has 0 aliphatic carbocycles. The molecule has 0 radical (unpaired) electrons. The topological polar surface area (TPSA) is 182 Å². The van der Waals surface area contributed by atoms with Crippen LogP contribution in [0.2, 0.25) is 0 Å². The number of rotatable bonds is 12. The van der Waals surface area contributed by atoms with E-state index in [-0.39, 0.29) is 5.69 Å². The first kappa shape index (κ1) is 32.3. The number of para-hydroxylation sites is 1. The molecule has 2 aromatic carbocycles. The highest BCUT2D eigenvalue weighted by Crippen LogP contribution is 2.20. The zero-order valence-electron chi connectivity index (χ0n) is 23.6. The average Bonchev–Trinajstić information content (AvgIpc) is 2.88. The first-order valence-electron chi connectivity index (χ1n) is 12.9. The third-order valence-electron chi connectivity index (χ3n) is 5.18. The van der Waals surface area contributed by atoms with Crippen LogP contribution in [0.3, 0.4) is 0 Å². The minimum absolute atomic E-state index is 0.196. The number of anilines is 2. The Bertz CT molecular complexity index is 1230. The van der Waals surface area contributed by atoms with Gasteiger partial charge >= 0.3 is 18.0 Å². The SMILES string of the molecule is CC(=O)N[C@@H](CC(=O)OC(C)C)C(=O)N(c1ccccc1)[C@@H](NC(=O)Nc1ccc(C=NN)cc1)C(=O)OC(C)C. The normalized spacial score (nSPS) is 12.4. The number of nitrogens with zero attached hydrogens (tertiary/aromatic N) is 2. The molecule has 5 N–H and O–H groups in total. The van der Waals surface area contributed by atoms with E-state index in [4.69, 9.17) is 15.3 Å². The monoisotopic (exact) mass is 568 g/mol. The van der Waals surface area contributed by atoms with Crippen molar-refractivity contribution in [2.45, 2.75) is 65.5 Å². The van der Waals surface area contributed by atoms with Crippen LogP contribution in [0.25, 0.3) is 0 Å². The molecule has 2 atom stereocenters. The highest BCUT2D eigenvalue weighted by molar-refractivity contribution is 6.06. The summed E-state index contributed by atoms with van der Waals surface area (Å²) in [4.78, 5) is 65.8. The molecule has 4 amide bonds. The fourth-order valence-corrected chi connectivity index (χ4v) is 3.64. The number of ether oxygens (including phenoxy) is 2. The summed E-state index contributed by atoms with van der Waals surface area (Å²) in [6.45, 7) is 7.68. The molecule has 220 valence electrons. The van der Waals surface area contributed by atoms with Crippen LogP contribution < -0.4 is 26.7 Å². The second-order valence-electron chi connectivity index (χ2n) is 9.43. The van der Waals surface area contributed by atoms with E-state index in [1.165, 1.54) is 25.3 Å². The second kappa shape index (κ2) is 15.6. The van der Waals surface area contributed by atoms with Gasteiger partial charge in [-0.1, -0.05) is 30.3 Å². The van der Waals surface area contributed by atoms with Crippen LogP contribution in [-0.2, 0) is 28.7 Å². The predicted octanol–water partition coefficient (Wildman–Crippen LogP) is 2.26. The number of carbonyl (C=O) groups is 5. The number of hydrogen-bond acceptors (Lipinski definition) is 9. The van der Waals surface area contributed by atoms with Crippen molar-refractivity contribution in [3.8, 4) is 0 Å². The summed E-state index contributed by atoms with van der Waals surface area (Å²) in [6.07, 6.45) is -1.83. The maximum Gasteiger partial charge on any atom is 0.350 e. The molecular formula is C28H36N6O7. The van der Waals surface area contributed by atoms with Gasteiger partial charge < -0.3 is 31.3 Å². The molecule has 2 rings (SSSR count). The largest absolute Gasteiger partial charge is 0.463 e. The molecule has 0 aromatic heterocycles. The van der Waals surface area contributed by atoms with E-state index in [9.17, 15) is 24.0 Å². The maximum absolute atomic E-state index is 14.0.